The van der Waals surface area contributed by atoms with Crippen molar-refractivity contribution in [1.29, 1.82) is 0 Å². The second-order valence-corrected chi connectivity index (χ2v) is 11.9. The predicted molar refractivity (Wildman–Crippen MR) is 133 cm³/mol. The molecule has 2 amide bonds. The minimum absolute atomic E-state index is 0.00208. The summed E-state index contributed by atoms with van der Waals surface area (Å²) < 4.78 is 33.2. The molecule has 10 heteroatoms. The summed E-state index contributed by atoms with van der Waals surface area (Å²) in [7, 11) is -2.13. The third-order valence-electron chi connectivity index (χ3n) is 5.92. The van der Waals surface area contributed by atoms with Gasteiger partial charge in [-0.1, -0.05) is 19.4 Å². The van der Waals surface area contributed by atoms with E-state index >= 15 is 0 Å². The molecule has 2 aliphatic rings. The summed E-state index contributed by atoms with van der Waals surface area (Å²) in [6.45, 7) is 2.72. The molecule has 8 nitrogen and oxygen atoms in total. The monoisotopic (exact) mass is 503 g/mol. The topological polar surface area (TPSA) is 96.0 Å². The molecular formula is C24H29N3O5S2. The van der Waals surface area contributed by atoms with Gasteiger partial charge in [-0.05, 0) is 43.2 Å². The lowest BCUT2D eigenvalue weighted by molar-refractivity contribution is -0.121. The third kappa shape index (κ3) is 5.39. The molecule has 1 N–H and O–H groups in total. The van der Waals surface area contributed by atoms with Gasteiger partial charge in [-0.2, -0.15) is 4.31 Å². The number of ether oxygens (including phenoxy) is 1. The number of rotatable bonds is 6. The number of hydrogen-bond acceptors (Lipinski definition) is 6. The van der Waals surface area contributed by atoms with Crippen LogP contribution < -0.4 is 15.0 Å². The number of nitrogens with one attached hydrogen (secondary N) is 1. The summed E-state index contributed by atoms with van der Waals surface area (Å²) in [5.41, 5.74) is 1.01. The van der Waals surface area contributed by atoms with Gasteiger partial charge in [0.2, 0.25) is 21.8 Å². The molecule has 2 aromatic carbocycles. The van der Waals surface area contributed by atoms with E-state index < -0.39 is 10.0 Å². The van der Waals surface area contributed by atoms with Crippen LogP contribution in [0.4, 0.5) is 11.4 Å². The second kappa shape index (κ2) is 10.4. The van der Waals surface area contributed by atoms with Gasteiger partial charge in [0.15, 0.2) is 0 Å². The Bertz CT molecular complexity index is 1180. The van der Waals surface area contributed by atoms with Crippen LogP contribution in [0.3, 0.4) is 0 Å². The summed E-state index contributed by atoms with van der Waals surface area (Å²) in [5.74, 6) is 0.00948. The molecule has 0 spiro atoms. The van der Waals surface area contributed by atoms with Gasteiger partial charge in [-0.25, -0.2) is 8.42 Å². The standard InChI is InChI=1S/C24H29N3O5S2/c1-17-13-24(29)27(16-23(28)25-18-7-6-8-19(14-18)32-2)21-15-20(9-10-22(21)33-17)34(30,31)26-11-4-3-5-12-26/h6-10,14-15,17H,3-5,11-13,16H2,1-2H3,(H,25,28)/t17-/m1/s1. The molecule has 0 saturated carbocycles. The van der Waals surface area contributed by atoms with E-state index in [1.54, 1.807) is 49.6 Å². The molecule has 0 radical (unpaired) electrons. The van der Waals surface area contributed by atoms with Crippen LogP contribution in [0.25, 0.3) is 0 Å². The molecule has 1 saturated heterocycles. The largest absolute Gasteiger partial charge is 0.497 e. The van der Waals surface area contributed by atoms with Crippen molar-refractivity contribution >= 4 is 45.0 Å². The number of sulfonamides is 1. The van der Waals surface area contributed by atoms with Crippen molar-refractivity contribution in [2.24, 2.45) is 0 Å². The van der Waals surface area contributed by atoms with E-state index in [9.17, 15) is 18.0 Å². The number of methoxy groups -OCH3 is 1. The number of carbonyl (C=O) groups is 2. The average Bonchev–Trinajstić information content (AvgIpc) is 2.94. The van der Waals surface area contributed by atoms with Crippen molar-refractivity contribution in [3.05, 3.63) is 42.5 Å². The molecule has 1 fully saturated rings. The molecule has 4 rings (SSSR count). The first-order valence-electron chi connectivity index (χ1n) is 11.3. The number of amides is 2. The number of fused-ring (bicyclic) bond motifs is 1. The highest BCUT2D eigenvalue weighted by Crippen LogP contribution is 2.39. The smallest absolute Gasteiger partial charge is 0.244 e. The summed E-state index contributed by atoms with van der Waals surface area (Å²) in [5, 5.41) is 2.80. The lowest BCUT2D eigenvalue weighted by Crippen LogP contribution is -2.39. The van der Waals surface area contributed by atoms with Crippen LogP contribution in [-0.2, 0) is 19.6 Å². The van der Waals surface area contributed by atoms with Crippen LogP contribution in [0.2, 0.25) is 0 Å². The van der Waals surface area contributed by atoms with Crippen molar-refractivity contribution in [3.63, 3.8) is 0 Å². The van der Waals surface area contributed by atoms with Crippen LogP contribution >= 0.6 is 11.8 Å². The fourth-order valence-electron chi connectivity index (χ4n) is 4.19. The van der Waals surface area contributed by atoms with E-state index in [0.717, 1.165) is 24.2 Å². The maximum atomic E-state index is 13.3. The second-order valence-electron chi connectivity index (χ2n) is 8.49. The Morgan fingerprint density at radius 3 is 2.65 bits per heavy atom. The van der Waals surface area contributed by atoms with Crippen molar-refractivity contribution in [3.8, 4) is 5.75 Å². The zero-order valence-corrected chi connectivity index (χ0v) is 21.0. The van der Waals surface area contributed by atoms with Crippen LogP contribution in [-0.4, -0.2) is 56.5 Å². The van der Waals surface area contributed by atoms with E-state index in [1.807, 2.05) is 6.92 Å². The molecule has 2 heterocycles. The zero-order valence-electron chi connectivity index (χ0n) is 19.3. The summed E-state index contributed by atoms with van der Waals surface area (Å²) in [4.78, 5) is 28.3. The van der Waals surface area contributed by atoms with Crippen molar-refractivity contribution in [2.75, 3.05) is 37.0 Å². The molecule has 0 aromatic heterocycles. The number of hydrogen-bond donors (Lipinski definition) is 1. The Balaban J connectivity index is 1.63. The third-order valence-corrected chi connectivity index (χ3v) is 8.98. The summed E-state index contributed by atoms with van der Waals surface area (Å²) in [6.07, 6.45) is 2.95. The van der Waals surface area contributed by atoms with Gasteiger partial charge in [0.1, 0.15) is 12.3 Å². The quantitative estimate of drug-likeness (QED) is 0.645. The summed E-state index contributed by atoms with van der Waals surface area (Å²) in [6, 6.07) is 11.9. The fourth-order valence-corrected chi connectivity index (χ4v) is 6.82. The molecular weight excluding hydrogens is 474 g/mol. The van der Waals surface area contributed by atoms with Gasteiger partial charge in [-0.3, -0.25) is 9.59 Å². The molecule has 0 unspecified atom stereocenters. The Labute approximate surface area is 204 Å². The van der Waals surface area contributed by atoms with E-state index in [-0.39, 0.29) is 34.9 Å². The lowest BCUT2D eigenvalue weighted by Gasteiger charge is -2.27. The Morgan fingerprint density at radius 2 is 1.91 bits per heavy atom. The number of piperidine rings is 1. The van der Waals surface area contributed by atoms with Crippen LogP contribution in [0.1, 0.15) is 32.6 Å². The molecule has 182 valence electrons. The van der Waals surface area contributed by atoms with E-state index in [0.29, 0.717) is 30.2 Å². The maximum absolute atomic E-state index is 13.3. The van der Waals surface area contributed by atoms with Crippen LogP contribution in [0, 0.1) is 0 Å². The Kier molecular flexibility index (Phi) is 7.49. The first-order chi connectivity index (χ1) is 16.3. The summed E-state index contributed by atoms with van der Waals surface area (Å²) >= 11 is 1.51. The predicted octanol–water partition coefficient (Wildman–Crippen LogP) is 3.73. The number of nitrogens with zero attached hydrogens (tertiary/aromatic N) is 2. The van der Waals surface area contributed by atoms with Crippen molar-refractivity contribution < 1.29 is 22.7 Å². The zero-order chi connectivity index (χ0) is 24.3. The lowest BCUT2D eigenvalue weighted by atomic mass is 10.2. The first-order valence-corrected chi connectivity index (χ1v) is 13.6. The van der Waals surface area contributed by atoms with Gasteiger partial charge < -0.3 is 15.0 Å². The van der Waals surface area contributed by atoms with E-state index in [4.69, 9.17) is 4.74 Å². The van der Waals surface area contributed by atoms with E-state index in [2.05, 4.69) is 5.32 Å². The molecule has 34 heavy (non-hydrogen) atoms. The van der Waals surface area contributed by atoms with Crippen LogP contribution in [0.5, 0.6) is 5.75 Å². The Hall–Kier alpha value is -2.56. The van der Waals surface area contributed by atoms with Crippen LogP contribution in [0.15, 0.2) is 52.3 Å². The van der Waals surface area contributed by atoms with Gasteiger partial charge in [0, 0.05) is 41.4 Å². The maximum Gasteiger partial charge on any atom is 0.244 e. The van der Waals surface area contributed by atoms with Crippen molar-refractivity contribution in [2.45, 2.75) is 47.6 Å². The highest BCUT2D eigenvalue weighted by molar-refractivity contribution is 8.00. The highest BCUT2D eigenvalue weighted by Gasteiger charge is 2.31. The number of thioether (sulfide) groups is 1. The molecule has 2 aromatic rings. The number of carbonyl (C=O) groups excluding carboxylic acids is 2. The van der Waals surface area contributed by atoms with Gasteiger partial charge in [0.25, 0.3) is 0 Å². The Morgan fingerprint density at radius 1 is 1.15 bits per heavy atom. The molecule has 0 bridgehead atoms. The first kappa shape index (κ1) is 24.6. The van der Waals surface area contributed by atoms with Gasteiger partial charge in [-0.15, -0.1) is 11.8 Å². The normalized spacial score (nSPS) is 19.3. The SMILES string of the molecule is COc1cccc(NC(=O)CN2C(=O)C[C@@H](C)Sc3ccc(S(=O)(=O)N4CCCCC4)cc32)c1. The average molecular weight is 504 g/mol. The highest BCUT2D eigenvalue weighted by atomic mass is 32.2. The van der Waals surface area contributed by atoms with E-state index in [1.165, 1.54) is 21.0 Å². The van der Waals surface area contributed by atoms with Gasteiger partial charge >= 0.3 is 0 Å². The van der Waals surface area contributed by atoms with Crippen molar-refractivity contribution in [1.82, 2.24) is 4.31 Å². The minimum Gasteiger partial charge on any atom is -0.497 e. The molecule has 2 aliphatic heterocycles. The molecule has 0 aliphatic carbocycles. The minimum atomic E-state index is -3.67. The molecule has 1 atom stereocenters. The fraction of sp³-hybridized carbons (Fsp3) is 0.417. The number of anilines is 2. The van der Waals surface area contributed by atoms with Gasteiger partial charge in [0.05, 0.1) is 17.7 Å². The number of benzene rings is 2.